The van der Waals surface area contributed by atoms with E-state index in [0.29, 0.717) is 29.5 Å². The second-order valence-corrected chi connectivity index (χ2v) is 4.21. The Morgan fingerprint density at radius 3 is 2.72 bits per heavy atom. The second-order valence-electron chi connectivity index (χ2n) is 3.81. The van der Waals surface area contributed by atoms with Crippen molar-refractivity contribution in [2.45, 2.75) is 32.8 Å². The molecule has 0 aliphatic carbocycles. The molecule has 0 saturated carbocycles. The zero-order valence-electron chi connectivity index (χ0n) is 10.6. The third-order valence-corrected chi connectivity index (χ3v) is 2.66. The SMILES string of the molecule is CCCC(Oc1c(N)cccc1Cl)C(=O)OCC. The molecule has 100 valence electrons. The Balaban J connectivity index is 2.86. The van der Waals surface area contributed by atoms with Crippen molar-refractivity contribution in [2.75, 3.05) is 12.3 Å². The highest BCUT2D eigenvalue weighted by Crippen LogP contribution is 2.32. The van der Waals surface area contributed by atoms with Crippen LogP contribution in [0.5, 0.6) is 5.75 Å². The number of carbonyl (C=O) groups is 1. The normalized spacial score (nSPS) is 11.9. The number of ether oxygens (including phenoxy) is 2. The quantitative estimate of drug-likeness (QED) is 0.638. The summed E-state index contributed by atoms with van der Waals surface area (Å²) in [6.45, 7) is 4.04. The van der Waals surface area contributed by atoms with E-state index in [0.717, 1.165) is 6.42 Å². The average Bonchev–Trinajstić information content (AvgIpc) is 2.33. The molecule has 18 heavy (non-hydrogen) atoms. The van der Waals surface area contributed by atoms with Crippen LogP contribution in [0.25, 0.3) is 0 Å². The van der Waals surface area contributed by atoms with Gasteiger partial charge in [0.1, 0.15) is 0 Å². The number of para-hydroxylation sites is 1. The van der Waals surface area contributed by atoms with Crippen LogP contribution < -0.4 is 10.5 Å². The van der Waals surface area contributed by atoms with Gasteiger partial charge in [-0.05, 0) is 25.5 Å². The Labute approximate surface area is 112 Å². The van der Waals surface area contributed by atoms with Gasteiger partial charge in [-0.3, -0.25) is 0 Å². The van der Waals surface area contributed by atoms with Crippen molar-refractivity contribution in [1.82, 2.24) is 0 Å². The summed E-state index contributed by atoms with van der Waals surface area (Å²) < 4.78 is 10.6. The zero-order chi connectivity index (χ0) is 13.5. The number of carbonyl (C=O) groups excluding carboxylic acids is 1. The minimum absolute atomic E-state index is 0.320. The molecular formula is C13H18ClNO3. The van der Waals surface area contributed by atoms with Crippen LogP contribution in [0.1, 0.15) is 26.7 Å². The van der Waals surface area contributed by atoms with Crippen molar-refractivity contribution < 1.29 is 14.3 Å². The Kier molecular flexibility index (Phi) is 5.78. The summed E-state index contributed by atoms with van der Waals surface area (Å²) >= 11 is 6.00. The highest BCUT2D eigenvalue weighted by atomic mass is 35.5. The molecule has 1 aromatic rings. The van der Waals surface area contributed by atoms with Gasteiger partial charge in [-0.25, -0.2) is 4.79 Å². The molecule has 1 atom stereocenters. The topological polar surface area (TPSA) is 61.5 Å². The number of esters is 1. The predicted molar refractivity (Wildman–Crippen MR) is 71.8 cm³/mol. The molecule has 5 heteroatoms. The van der Waals surface area contributed by atoms with Crippen LogP contribution in [0.4, 0.5) is 5.69 Å². The molecule has 1 aromatic carbocycles. The molecule has 1 unspecified atom stereocenters. The first-order chi connectivity index (χ1) is 8.60. The number of hydrogen-bond acceptors (Lipinski definition) is 4. The predicted octanol–water partition coefficient (Wildman–Crippen LogP) is 3.03. The maximum Gasteiger partial charge on any atom is 0.347 e. The van der Waals surface area contributed by atoms with Crippen LogP contribution >= 0.6 is 11.6 Å². The Morgan fingerprint density at radius 1 is 1.44 bits per heavy atom. The van der Waals surface area contributed by atoms with Gasteiger partial charge in [0.15, 0.2) is 11.9 Å². The zero-order valence-corrected chi connectivity index (χ0v) is 11.4. The fourth-order valence-electron chi connectivity index (χ4n) is 1.51. The lowest BCUT2D eigenvalue weighted by molar-refractivity contribution is -0.151. The summed E-state index contributed by atoms with van der Waals surface area (Å²) in [7, 11) is 0. The van der Waals surface area contributed by atoms with Crippen LogP contribution in [0.2, 0.25) is 5.02 Å². The van der Waals surface area contributed by atoms with Crippen LogP contribution in [0, 0.1) is 0 Å². The number of hydrogen-bond donors (Lipinski definition) is 1. The van der Waals surface area contributed by atoms with E-state index in [-0.39, 0.29) is 0 Å². The van der Waals surface area contributed by atoms with Gasteiger partial charge >= 0.3 is 5.97 Å². The van der Waals surface area contributed by atoms with E-state index in [2.05, 4.69) is 0 Å². The molecule has 0 aliphatic heterocycles. The lowest BCUT2D eigenvalue weighted by Crippen LogP contribution is -2.29. The molecule has 0 saturated heterocycles. The Bertz CT molecular complexity index is 389. The number of rotatable bonds is 6. The number of anilines is 1. The van der Waals surface area contributed by atoms with E-state index in [1.54, 1.807) is 25.1 Å². The molecule has 0 bridgehead atoms. The molecule has 2 N–H and O–H groups in total. The molecule has 0 aromatic heterocycles. The molecular weight excluding hydrogens is 254 g/mol. The third-order valence-electron chi connectivity index (χ3n) is 2.36. The maximum absolute atomic E-state index is 11.7. The summed E-state index contributed by atoms with van der Waals surface area (Å²) in [6.07, 6.45) is 0.689. The van der Waals surface area contributed by atoms with Crippen molar-refractivity contribution in [2.24, 2.45) is 0 Å². The van der Waals surface area contributed by atoms with E-state index in [1.807, 2.05) is 6.92 Å². The van der Waals surface area contributed by atoms with E-state index in [9.17, 15) is 4.79 Å². The third kappa shape index (κ3) is 3.81. The van der Waals surface area contributed by atoms with Gasteiger partial charge in [0.25, 0.3) is 0 Å². The van der Waals surface area contributed by atoms with Gasteiger partial charge in [-0.1, -0.05) is 31.0 Å². The average molecular weight is 272 g/mol. The fraction of sp³-hybridized carbons (Fsp3) is 0.462. The first kappa shape index (κ1) is 14.6. The lowest BCUT2D eigenvalue weighted by Gasteiger charge is -2.18. The van der Waals surface area contributed by atoms with Crippen LogP contribution in [0.15, 0.2) is 18.2 Å². The monoisotopic (exact) mass is 271 g/mol. The van der Waals surface area contributed by atoms with Crippen molar-refractivity contribution in [1.29, 1.82) is 0 Å². The highest BCUT2D eigenvalue weighted by Gasteiger charge is 2.22. The molecule has 0 aliphatic rings. The molecule has 1 rings (SSSR count). The Morgan fingerprint density at radius 2 is 2.17 bits per heavy atom. The van der Waals surface area contributed by atoms with Crippen molar-refractivity contribution in [3.63, 3.8) is 0 Å². The van der Waals surface area contributed by atoms with Crippen molar-refractivity contribution in [3.8, 4) is 5.75 Å². The largest absolute Gasteiger partial charge is 0.475 e. The number of nitrogens with two attached hydrogens (primary N) is 1. The van der Waals surface area contributed by atoms with E-state index >= 15 is 0 Å². The van der Waals surface area contributed by atoms with Crippen molar-refractivity contribution in [3.05, 3.63) is 23.2 Å². The van der Waals surface area contributed by atoms with Gasteiger partial charge < -0.3 is 15.2 Å². The first-order valence-electron chi connectivity index (χ1n) is 5.97. The van der Waals surface area contributed by atoms with Gasteiger partial charge in [-0.15, -0.1) is 0 Å². The molecule has 0 fully saturated rings. The number of nitrogen functional groups attached to an aromatic ring is 1. The second kappa shape index (κ2) is 7.11. The highest BCUT2D eigenvalue weighted by molar-refractivity contribution is 6.32. The molecule has 0 heterocycles. The maximum atomic E-state index is 11.7. The van der Waals surface area contributed by atoms with E-state index < -0.39 is 12.1 Å². The van der Waals surface area contributed by atoms with Crippen LogP contribution in [-0.4, -0.2) is 18.7 Å². The summed E-state index contributed by atoms with van der Waals surface area (Å²) in [6, 6.07) is 5.07. The van der Waals surface area contributed by atoms with Gasteiger partial charge in [0, 0.05) is 0 Å². The van der Waals surface area contributed by atoms with Gasteiger partial charge in [0.2, 0.25) is 0 Å². The Hall–Kier alpha value is -1.42. The summed E-state index contributed by atoms with van der Waals surface area (Å²) in [4.78, 5) is 11.7. The standard InChI is InChI=1S/C13H18ClNO3/c1-3-6-11(13(16)17-4-2)18-12-9(14)7-5-8-10(12)15/h5,7-8,11H,3-4,6,15H2,1-2H3. The van der Waals surface area contributed by atoms with Gasteiger partial charge in [-0.2, -0.15) is 0 Å². The molecule has 0 spiro atoms. The molecule has 4 nitrogen and oxygen atoms in total. The van der Waals surface area contributed by atoms with E-state index in [4.69, 9.17) is 26.8 Å². The molecule has 0 amide bonds. The minimum atomic E-state index is -0.669. The number of benzene rings is 1. The molecule has 0 radical (unpaired) electrons. The summed E-state index contributed by atoms with van der Waals surface area (Å²) in [5.41, 5.74) is 6.19. The van der Waals surface area contributed by atoms with Crippen molar-refractivity contribution >= 4 is 23.3 Å². The van der Waals surface area contributed by atoms with Gasteiger partial charge in [0.05, 0.1) is 17.3 Å². The summed E-state index contributed by atoms with van der Waals surface area (Å²) in [5, 5.41) is 0.389. The smallest absolute Gasteiger partial charge is 0.347 e. The fourth-order valence-corrected chi connectivity index (χ4v) is 1.74. The van der Waals surface area contributed by atoms with Crippen LogP contribution in [0.3, 0.4) is 0 Å². The summed E-state index contributed by atoms with van der Waals surface area (Å²) in [5.74, 6) is -0.0515. The van der Waals surface area contributed by atoms with Crippen LogP contribution in [-0.2, 0) is 9.53 Å². The first-order valence-corrected chi connectivity index (χ1v) is 6.35. The van der Waals surface area contributed by atoms with E-state index in [1.165, 1.54) is 0 Å². The number of halogens is 1. The minimum Gasteiger partial charge on any atom is -0.475 e. The lowest BCUT2D eigenvalue weighted by atomic mass is 10.2.